The highest BCUT2D eigenvalue weighted by Crippen LogP contribution is 2.60. The highest BCUT2D eigenvalue weighted by Gasteiger charge is 2.53. The lowest BCUT2D eigenvalue weighted by Gasteiger charge is -2.31. The Morgan fingerprint density at radius 3 is 2.33 bits per heavy atom. The van der Waals surface area contributed by atoms with Gasteiger partial charge in [0.15, 0.2) is 0 Å². The highest BCUT2D eigenvalue weighted by atomic mass is 32.2. The fourth-order valence-corrected chi connectivity index (χ4v) is 4.96. The van der Waals surface area contributed by atoms with Crippen molar-refractivity contribution in [3.05, 3.63) is 0 Å². The molecule has 6 heteroatoms. The molecule has 0 radical (unpaired) electrons. The van der Waals surface area contributed by atoms with Crippen LogP contribution in [-0.2, 0) is 10.2 Å². The third kappa shape index (κ3) is 3.78. The number of rotatable bonds is 8. The van der Waals surface area contributed by atoms with Crippen molar-refractivity contribution in [2.45, 2.75) is 45.4 Å². The fraction of sp³-hybridized carbons (Fsp3) is 1.00. The van der Waals surface area contributed by atoms with Crippen LogP contribution in [0.5, 0.6) is 0 Å². The second-order valence-corrected chi connectivity index (χ2v) is 8.87. The van der Waals surface area contributed by atoms with Gasteiger partial charge in [-0.2, -0.15) is 12.7 Å². The summed E-state index contributed by atoms with van der Waals surface area (Å²) >= 11 is 0. The van der Waals surface area contributed by atoms with E-state index in [2.05, 4.69) is 17.0 Å². The lowest BCUT2D eigenvalue weighted by molar-refractivity contribution is 0.264. The van der Waals surface area contributed by atoms with Gasteiger partial charge in [-0.3, -0.25) is 0 Å². The van der Waals surface area contributed by atoms with Gasteiger partial charge in [0.25, 0.3) is 10.2 Å². The summed E-state index contributed by atoms with van der Waals surface area (Å²) in [6, 6.07) is 0. The molecule has 2 saturated carbocycles. The van der Waals surface area contributed by atoms with Gasteiger partial charge in [0.05, 0.1) is 0 Å². The predicted octanol–water partition coefficient (Wildman–Crippen LogP) is 1.33. The SMILES string of the molecule is CCNCC1CCN(S(=O)(=O)NCC2(C3CC3)CC2)CC1. The summed E-state index contributed by atoms with van der Waals surface area (Å²) in [6.45, 7) is 6.12. The summed E-state index contributed by atoms with van der Waals surface area (Å²) in [7, 11) is -3.26. The van der Waals surface area contributed by atoms with E-state index in [0.717, 1.165) is 31.8 Å². The highest BCUT2D eigenvalue weighted by molar-refractivity contribution is 7.87. The summed E-state index contributed by atoms with van der Waals surface area (Å²) in [4.78, 5) is 0. The Morgan fingerprint density at radius 1 is 1.14 bits per heavy atom. The largest absolute Gasteiger partial charge is 0.317 e. The van der Waals surface area contributed by atoms with E-state index in [9.17, 15) is 8.42 Å². The topological polar surface area (TPSA) is 61.4 Å². The lowest BCUT2D eigenvalue weighted by Crippen LogP contribution is -2.47. The molecule has 3 aliphatic rings. The molecule has 2 N–H and O–H groups in total. The van der Waals surface area contributed by atoms with Crippen LogP contribution in [0.1, 0.15) is 45.4 Å². The minimum absolute atomic E-state index is 0.330. The van der Waals surface area contributed by atoms with Crippen LogP contribution in [0.15, 0.2) is 0 Å². The molecule has 122 valence electrons. The van der Waals surface area contributed by atoms with E-state index in [4.69, 9.17) is 0 Å². The first kappa shape index (κ1) is 15.7. The standard InChI is InChI=1S/C15H29N3O2S/c1-2-16-11-13-5-9-18(10-6-13)21(19,20)17-12-15(7-8-15)14-3-4-14/h13-14,16-17H,2-12H2,1H3. The van der Waals surface area contributed by atoms with Crippen LogP contribution in [0.2, 0.25) is 0 Å². The predicted molar refractivity (Wildman–Crippen MR) is 84.2 cm³/mol. The van der Waals surface area contributed by atoms with Crippen LogP contribution in [0.4, 0.5) is 0 Å². The third-order valence-corrected chi connectivity index (χ3v) is 7.09. The van der Waals surface area contributed by atoms with E-state index in [-0.39, 0.29) is 0 Å². The molecular weight excluding hydrogens is 286 g/mol. The van der Waals surface area contributed by atoms with Crippen molar-refractivity contribution in [1.82, 2.24) is 14.3 Å². The number of hydrogen-bond acceptors (Lipinski definition) is 3. The van der Waals surface area contributed by atoms with Gasteiger partial charge in [-0.05, 0) is 68.9 Å². The van der Waals surface area contributed by atoms with Crippen molar-refractivity contribution >= 4 is 10.2 Å². The molecule has 1 saturated heterocycles. The van der Waals surface area contributed by atoms with Gasteiger partial charge in [-0.15, -0.1) is 0 Å². The molecule has 3 rings (SSSR count). The zero-order valence-electron chi connectivity index (χ0n) is 13.1. The van der Waals surface area contributed by atoms with Gasteiger partial charge in [-0.1, -0.05) is 6.92 Å². The van der Waals surface area contributed by atoms with E-state index in [0.29, 0.717) is 31.0 Å². The molecule has 0 amide bonds. The molecule has 0 bridgehead atoms. The Kier molecular flexibility index (Phi) is 4.60. The van der Waals surface area contributed by atoms with Crippen LogP contribution >= 0.6 is 0 Å². The van der Waals surface area contributed by atoms with Gasteiger partial charge in [0, 0.05) is 19.6 Å². The molecule has 0 unspecified atom stereocenters. The molecule has 0 spiro atoms. The van der Waals surface area contributed by atoms with Gasteiger partial charge < -0.3 is 5.32 Å². The van der Waals surface area contributed by atoms with Crippen molar-refractivity contribution in [2.75, 3.05) is 32.7 Å². The van der Waals surface area contributed by atoms with E-state index in [1.54, 1.807) is 4.31 Å². The zero-order valence-corrected chi connectivity index (χ0v) is 13.9. The zero-order chi connectivity index (χ0) is 14.9. The molecule has 0 aromatic heterocycles. The minimum Gasteiger partial charge on any atom is -0.317 e. The average molecular weight is 315 g/mol. The molecule has 1 heterocycles. The number of piperidine rings is 1. The maximum atomic E-state index is 12.4. The molecule has 0 atom stereocenters. The number of hydrogen-bond donors (Lipinski definition) is 2. The smallest absolute Gasteiger partial charge is 0.279 e. The molecule has 0 aromatic carbocycles. The van der Waals surface area contributed by atoms with E-state index < -0.39 is 10.2 Å². The molecular formula is C15H29N3O2S. The maximum absolute atomic E-state index is 12.4. The Bertz CT molecular complexity index is 450. The second-order valence-electron chi connectivity index (χ2n) is 7.11. The Labute approximate surface area is 129 Å². The summed E-state index contributed by atoms with van der Waals surface area (Å²) < 4.78 is 29.4. The maximum Gasteiger partial charge on any atom is 0.279 e. The van der Waals surface area contributed by atoms with Crippen LogP contribution in [0.3, 0.4) is 0 Å². The minimum atomic E-state index is -3.26. The molecule has 3 fully saturated rings. The van der Waals surface area contributed by atoms with Gasteiger partial charge in [0.2, 0.25) is 0 Å². The van der Waals surface area contributed by atoms with Crippen LogP contribution in [0.25, 0.3) is 0 Å². The van der Waals surface area contributed by atoms with E-state index in [1.807, 2.05) is 0 Å². The summed E-state index contributed by atoms with van der Waals surface area (Å²) in [5.41, 5.74) is 0.330. The molecule has 0 aromatic rings. The normalized spacial score (nSPS) is 26.9. The number of nitrogens with one attached hydrogen (secondary N) is 2. The Morgan fingerprint density at radius 2 is 1.81 bits per heavy atom. The van der Waals surface area contributed by atoms with Crippen LogP contribution in [-0.4, -0.2) is 45.4 Å². The third-order valence-electron chi connectivity index (χ3n) is 5.54. The van der Waals surface area contributed by atoms with Crippen molar-refractivity contribution in [3.63, 3.8) is 0 Å². The van der Waals surface area contributed by atoms with Gasteiger partial charge in [0.1, 0.15) is 0 Å². The van der Waals surface area contributed by atoms with Gasteiger partial charge in [-0.25, -0.2) is 4.72 Å². The molecule has 21 heavy (non-hydrogen) atoms. The Hall–Kier alpha value is -0.170. The van der Waals surface area contributed by atoms with Crippen LogP contribution in [0, 0.1) is 17.3 Å². The van der Waals surface area contributed by atoms with E-state index >= 15 is 0 Å². The lowest BCUT2D eigenvalue weighted by atomic mass is 9.98. The molecule has 5 nitrogen and oxygen atoms in total. The second kappa shape index (κ2) is 6.14. The molecule has 2 aliphatic carbocycles. The van der Waals surface area contributed by atoms with E-state index in [1.165, 1.54) is 25.7 Å². The average Bonchev–Trinajstić information content (AvgIpc) is 3.36. The number of nitrogens with zero attached hydrogens (tertiary/aromatic N) is 1. The summed E-state index contributed by atoms with van der Waals surface area (Å²) in [5, 5.41) is 3.36. The molecule has 1 aliphatic heterocycles. The van der Waals surface area contributed by atoms with Gasteiger partial charge >= 0.3 is 0 Å². The van der Waals surface area contributed by atoms with Crippen LogP contribution < -0.4 is 10.0 Å². The monoisotopic (exact) mass is 315 g/mol. The van der Waals surface area contributed by atoms with Crippen molar-refractivity contribution in [1.29, 1.82) is 0 Å². The first-order valence-corrected chi connectivity index (χ1v) is 9.95. The van der Waals surface area contributed by atoms with Crippen molar-refractivity contribution < 1.29 is 8.42 Å². The van der Waals surface area contributed by atoms with Crippen molar-refractivity contribution in [2.24, 2.45) is 17.3 Å². The first-order valence-electron chi connectivity index (χ1n) is 8.51. The fourth-order valence-electron chi connectivity index (χ4n) is 3.61. The summed E-state index contributed by atoms with van der Waals surface area (Å²) in [6.07, 6.45) is 6.98. The Balaban J connectivity index is 1.45. The summed E-state index contributed by atoms with van der Waals surface area (Å²) in [5.74, 6) is 1.42. The first-order chi connectivity index (χ1) is 10.1. The quantitative estimate of drug-likeness (QED) is 0.710. The van der Waals surface area contributed by atoms with Crippen molar-refractivity contribution in [3.8, 4) is 0 Å².